The number of carbonyl (C=O) groups excluding carboxylic acids is 2. The van der Waals surface area contributed by atoms with E-state index in [-0.39, 0.29) is 9.79 Å². The van der Waals surface area contributed by atoms with E-state index < -0.39 is 42.7 Å². The summed E-state index contributed by atoms with van der Waals surface area (Å²) in [4.78, 5) is 24.6. The third kappa shape index (κ3) is 6.58. The molecule has 0 saturated heterocycles. The monoisotopic (exact) mass is 534 g/mol. The quantitative estimate of drug-likeness (QED) is 0.269. The van der Waals surface area contributed by atoms with Gasteiger partial charge in [0.1, 0.15) is 23.0 Å². The van der Waals surface area contributed by atoms with Crippen molar-refractivity contribution < 1.29 is 31.2 Å². The molecular formula is C28H22O7S2. The van der Waals surface area contributed by atoms with Crippen LogP contribution in [0.4, 0.5) is 0 Å². The summed E-state index contributed by atoms with van der Waals surface area (Å²) in [7, 11) is -7.70. The number of carbonyl (C=O) groups is 2. The number of Topliss-reactive ketones (excluding diaryl/α,β-unsaturated/α-hetero) is 2. The smallest absolute Gasteiger partial charge is 0.185 e. The van der Waals surface area contributed by atoms with Gasteiger partial charge in [-0.25, -0.2) is 16.8 Å². The van der Waals surface area contributed by atoms with Crippen molar-refractivity contribution in [3.05, 3.63) is 120 Å². The Hall–Kier alpha value is -4.08. The van der Waals surface area contributed by atoms with Gasteiger partial charge >= 0.3 is 0 Å². The molecule has 4 rings (SSSR count). The SMILES string of the molecule is O=C(CS(=O)(=O)c1ccc(Oc2ccc(S(=O)(=O)CC(=O)c3ccccc3)cc2)cc1)c1ccccc1. The molecule has 0 aliphatic heterocycles. The molecule has 0 N–H and O–H groups in total. The first-order valence-corrected chi connectivity index (χ1v) is 14.4. The Morgan fingerprint density at radius 2 is 0.811 bits per heavy atom. The van der Waals surface area contributed by atoms with Crippen molar-refractivity contribution in [1.29, 1.82) is 0 Å². The van der Waals surface area contributed by atoms with Crippen LogP contribution >= 0.6 is 0 Å². The van der Waals surface area contributed by atoms with Crippen LogP contribution in [0.3, 0.4) is 0 Å². The van der Waals surface area contributed by atoms with Gasteiger partial charge in [-0.15, -0.1) is 0 Å². The topological polar surface area (TPSA) is 112 Å². The first kappa shape index (κ1) is 26.0. The molecular weight excluding hydrogens is 512 g/mol. The van der Waals surface area contributed by atoms with Gasteiger partial charge in [-0.3, -0.25) is 9.59 Å². The molecule has 0 aliphatic carbocycles. The fourth-order valence-electron chi connectivity index (χ4n) is 3.49. The molecule has 7 nitrogen and oxygen atoms in total. The summed E-state index contributed by atoms with van der Waals surface area (Å²) in [5, 5.41) is 0. The summed E-state index contributed by atoms with van der Waals surface area (Å²) < 4.78 is 56.3. The number of rotatable bonds is 10. The van der Waals surface area contributed by atoms with Crippen LogP contribution in [-0.2, 0) is 19.7 Å². The molecule has 0 fully saturated rings. The lowest BCUT2D eigenvalue weighted by Gasteiger charge is -2.09. The van der Waals surface area contributed by atoms with E-state index in [1.807, 2.05) is 0 Å². The number of benzene rings is 4. The molecule has 188 valence electrons. The molecule has 9 heteroatoms. The molecule has 4 aromatic rings. The number of hydrogen-bond donors (Lipinski definition) is 0. The third-order valence-corrected chi connectivity index (χ3v) is 8.70. The van der Waals surface area contributed by atoms with E-state index in [9.17, 15) is 26.4 Å². The number of sulfone groups is 2. The Morgan fingerprint density at radius 1 is 0.486 bits per heavy atom. The van der Waals surface area contributed by atoms with Crippen molar-refractivity contribution >= 4 is 31.2 Å². The summed E-state index contributed by atoms with van der Waals surface area (Å²) in [6.07, 6.45) is 0. The average Bonchev–Trinajstić information content (AvgIpc) is 2.90. The maximum atomic E-state index is 12.6. The molecule has 0 heterocycles. The van der Waals surface area contributed by atoms with Gasteiger partial charge in [0.2, 0.25) is 0 Å². The van der Waals surface area contributed by atoms with E-state index in [0.29, 0.717) is 22.6 Å². The molecule has 0 bridgehead atoms. The van der Waals surface area contributed by atoms with Gasteiger partial charge in [0.05, 0.1) is 9.79 Å². The summed E-state index contributed by atoms with van der Waals surface area (Å²) in [6, 6.07) is 27.6. The lowest BCUT2D eigenvalue weighted by atomic mass is 10.2. The minimum atomic E-state index is -3.85. The second-order valence-corrected chi connectivity index (χ2v) is 12.1. The van der Waals surface area contributed by atoms with Crippen LogP contribution in [0.5, 0.6) is 11.5 Å². The van der Waals surface area contributed by atoms with Crippen LogP contribution in [0.2, 0.25) is 0 Å². The van der Waals surface area contributed by atoms with E-state index >= 15 is 0 Å². The maximum absolute atomic E-state index is 12.6. The van der Waals surface area contributed by atoms with Gasteiger partial charge in [-0.05, 0) is 48.5 Å². The molecule has 4 aromatic carbocycles. The molecule has 0 atom stereocenters. The molecule has 0 aliphatic rings. The van der Waals surface area contributed by atoms with Gasteiger partial charge in [0, 0.05) is 11.1 Å². The van der Waals surface area contributed by atoms with Gasteiger partial charge in [-0.2, -0.15) is 0 Å². The second kappa shape index (κ2) is 10.9. The summed E-state index contributed by atoms with van der Waals surface area (Å²) in [5.74, 6) is -1.66. The molecule has 0 spiro atoms. The Kier molecular flexibility index (Phi) is 7.66. The van der Waals surface area contributed by atoms with Crippen molar-refractivity contribution in [2.45, 2.75) is 9.79 Å². The number of ether oxygens (including phenoxy) is 1. The molecule has 37 heavy (non-hydrogen) atoms. The van der Waals surface area contributed by atoms with Crippen LogP contribution in [0.1, 0.15) is 20.7 Å². The molecule has 0 radical (unpaired) electrons. The predicted octanol–water partition coefficient (Wildman–Crippen LogP) is 4.79. The first-order chi connectivity index (χ1) is 17.6. The van der Waals surface area contributed by atoms with E-state index in [1.54, 1.807) is 60.7 Å². The van der Waals surface area contributed by atoms with Crippen molar-refractivity contribution in [3.8, 4) is 11.5 Å². The normalized spacial score (nSPS) is 11.6. The molecule has 0 saturated carbocycles. The largest absolute Gasteiger partial charge is 0.457 e. The summed E-state index contributed by atoms with van der Waals surface area (Å²) >= 11 is 0. The standard InChI is InChI=1S/C28H22O7S2/c29-27(21-7-3-1-4-8-21)19-36(31,32)25-15-11-23(12-16-25)35-24-13-17-26(18-14-24)37(33,34)20-28(30)22-9-5-2-6-10-22/h1-18H,19-20H2. The zero-order valence-corrected chi connectivity index (χ0v) is 21.1. The average molecular weight is 535 g/mol. The summed E-state index contributed by atoms with van der Waals surface area (Å²) in [5.41, 5.74) is 0.641. The van der Waals surface area contributed by atoms with Crippen molar-refractivity contribution in [2.24, 2.45) is 0 Å². The van der Waals surface area contributed by atoms with Crippen molar-refractivity contribution in [3.63, 3.8) is 0 Å². The number of ketones is 2. The van der Waals surface area contributed by atoms with Crippen LogP contribution < -0.4 is 4.74 Å². The molecule has 0 amide bonds. The summed E-state index contributed by atoms with van der Waals surface area (Å²) in [6.45, 7) is 0. The van der Waals surface area contributed by atoms with Crippen LogP contribution in [0, 0.1) is 0 Å². The minimum Gasteiger partial charge on any atom is -0.457 e. The fourth-order valence-corrected chi connectivity index (χ4v) is 5.95. The fraction of sp³-hybridized carbons (Fsp3) is 0.0714. The minimum absolute atomic E-state index is 0.0198. The first-order valence-electron chi connectivity index (χ1n) is 11.1. The van der Waals surface area contributed by atoms with Crippen molar-refractivity contribution in [2.75, 3.05) is 11.5 Å². The van der Waals surface area contributed by atoms with E-state index in [1.165, 1.54) is 48.5 Å². The zero-order chi connectivity index (χ0) is 26.5. The lowest BCUT2D eigenvalue weighted by Crippen LogP contribution is -2.16. The Morgan fingerprint density at radius 3 is 1.14 bits per heavy atom. The van der Waals surface area contributed by atoms with E-state index in [0.717, 1.165) is 0 Å². The van der Waals surface area contributed by atoms with Crippen molar-refractivity contribution in [1.82, 2.24) is 0 Å². The Labute approximate surface area is 215 Å². The highest BCUT2D eigenvalue weighted by molar-refractivity contribution is 7.92. The van der Waals surface area contributed by atoms with Crippen LogP contribution in [0.15, 0.2) is 119 Å². The highest BCUT2D eigenvalue weighted by Crippen LogP contribution is 2.25. The van der Waals surface area contributed by atoms with E-state index in [4.69, 9.17) is 4.74 Å². The highest BCUT2D eigenvalue weighted by Gasteiger charge is 2.22. The highest BCUT2D eigenvalue weighted by atomic mass is 32.2. The number of hydrogen-bond acceptors (Lipinski definition) is 7. The zero-order valence-electron chi connectivity index (χ0n) is 19.5. The van der Waals surface area contributed by atoms with Gasteiger partial charge in [0.15, 0.2) is 31.2 Å². The lowest BCUT2D eigenvalue weighted by molar-refractivity contribution is 0.101. The predicted molar refractivity (Wildman–Crippen MR) is 139 cm³/mol. The Bertz CT molecular complexity index is 1490. The maximum Gasteiger partial charge on any atom is 0.185 e. The van der Waals surface area contributed by atoms with E-state index in [2.05, 4.69) is 0 Å². The third-order valence-electron chi connectivity index (χ3n) is 5.44. The molecule has 0 aromatic heterocycles. The Balaban J connectivity index is 1.40. The van der Waals surface area contributed by atoms with Gasteiger partial charge < -0.3 is 4.74 Å². The van der Waals surface area contributed by atoms with Gasteiger partial charge in [0.25, 0.3) is 0 Å². The molecule has 0 unspecified atom stereocenters. The van der Waals surface area contributed by atoms with Crippen LogP contribution in [0.25, 0.3) is 0 Å². The van der Waals surface area contributed by atoms with Crippen LogP contribution in [-0.4, -0.2) is 39.9 Å². The van der Waals surface area contributed by atoms with Gasteiger partial charge in [-0.1, -0.05) is 60.7 Å². The second-order valence-electron chi connectivity index (χ2n) is 8.14.